The second-order valence-corrected chi connectivity index (χ2v) is 7.28. The molecule has 17 heavy (non-hydrogen) atoms. The Labute approximate surface area is 111 Å². The summed E-state index contributed by atoms with van der Waals surface area (Å²) in [5, 5.41) is 0.519. The minimum atomic E-state index is -3.49. The molecule has 0 saturated carbocycles. The summed E-state index contributed by atoms with van der Waals surface area (Å²) in [6.45, 7) is 3.94. The molecule has 3 nitrogen and oxygen atoms in total. The smallest absolute Gasteiger partial charge is 0.232 e. The number of halogens is 2. The first-order valence-corrected chi connectivity index (χ1v) is 7.95. The number of ether oxygens (including phenoxy) is 1. The molecule has 1 atom stereocenters. The molecule has 0 radical (unpaired) electrons. The molecule has 0 aromatic heterocycles. The summed E-state index contributed by atoms with van der Waals surface area (Å²) in [6, 6.07) is 5.43. The monoisotopic (exact) mass is 296 g/mol. The van der Waals surface area contributed by atoms with E-state index in [0.717, 1.165) is 5.56 Å². The van der Waals surface area contributed by atoms with E-state index >= 15 is 0 Å². The highest BCUT2D eigenvalue weighted by atomic mass is 35.7. The third-order valence-corrected chi connectivity index (χ3v) is 3.73. The maximum absolute atomic E-state index is 10.8. The van der Waals surface area contributed by atoms with Crippen LogP contribution in [0.5, 0.6) is 5.75 Å². The van der Waals surface area contributed by atoms with Gasteiger partial charge < -0.3 is 4.74 Å². The maximum Gasteiger partial charge on any atom is 0.232 e. The van der Waals surface area contributed by atoms with E-state index in [9.17, 15) is 8.42 Å². The van der Waals surface area contributed by atoms with Gasteiger partial charge in [-0.15, -0.1) is 0 Å². The molecule has 6 heteroatoms. The van der Waals surface area contributed by atoms with Crippen LogP contribution in [-0.2, 0) is 9.05 Å². The number of rotatable bonds is 5. The van der Waals surface area contributed by atoms with Gasteiger partial charge in [0.1, 0.15) is 5.75 Å². The molecule has 0 aliphatic carbocycles. The van der Waals surface area contributed by atoms with Crippen LogP contribution in [0.15, 0.2) is 18.2 Å². The zero-order valence-corrected chi connectivity index (χ0v) is 11.9. The normalized spacial score (nSPS) is 13.4. The topological polar surface area (TPSA) is 43.4 Å². The second kappa shape index (κ2) is 5.94. The molecule has 0 N–H and O–H groups in total. The summed E-state index contributed by atoms with van der Waals surface area (Å²) in [7, 11) is 1.67. The largest absolute Gasteiger partial charge is 0.492 e. The van der Waals surface area contributed by atoms with Gasteiger partial charge in [0.15, 0.2) is 0 Å². The molecule has 0 fully saturated rings. The summed E-state index contributed by atoms with van der Waals surface area (Å²) < 4.78 is 27.1. The highest BCUT2D eigenvalue weighted by Gasteiger charge is 2.13. The van der Waals surface area contributed by atoms with Crippen LogP contribution in [0, 0.1) is 12.8 Å². The fourth-order valence-electron chi connectivity index (χ4n) is 1.34. The second-order valence-electron chi connectivity index (χ2n) is 4.06. The average molecular weight is 297 g/mol. The Balaban J connectivity index is 2.56. The third-order valence-electron chi connectivity index (χ3n) is 2.09. The lowest BCUT2D eigenvalue weighted by molar-refractivity contribution is 0.272. The van der Waals surface area contributed by atoms with E-state index in [1.54, 1.807) is 19.1 Å². The Morgan fingerprint density at radius 3 is 2.59 bits per heavy atom. The molecule has 0 bridgehead atoms. The molecule has 1 aromatic rings. The van der Waals surface area contributed by atoms with Crippen molar-refractivity contribution in [3.8, 4) is 5.75 Å². The van der Waals surface area contributed by atoms with Gasteiger partial charge in [-0.1, -0.05) is 24.6 Å². The first-order valence-electron chi connectivity index (χ1n) is 5.09. The summed E-state index contributed by atoms with van der Waals surface area (Å²) in [6.07, 6.45) is 0. The van der Waals surface area contributed by atoms with E-state index in [0.29, 0.717) is 10.8 Å². The molecule has 96 valence electrons. The Morgan fingerprint density at radius 2 is 2.06 bits per heavy atom. The average Bonchev–Trinajstić information content (AvgIpc) is 2.13. The van der Waals surface area contributed by atoms with Gasteiger partial charge in [-0.2, -0.15) is 0 Å². The Hall–Kier alpha value is -0.450. The highest BCUT2D eigenvalue weighted by Crippen LogP contribution is 2.25. The van der Waals surface area contributed by atoms with Crippen molar-refractivity contribution in [2.24, 2.45) is 5.92 Å². The van der Waals surface area contributed by atoms with Crippen LogP contribution in [0.3, 0.4) is 0 Å². The molecule has 0 heterocycles. The van der Waals surface area contributed by atoms with Gasteiger partial charge in [0.25, 0.3) is 0 Å². The highest BCUT2D eigenvalue weighted by molar-refractivity contribution is 8.13. The standard InChI is InChI=1S/C11H14Cl2O3S/c1-8-3-4-11(10(12)5-8)16-6-9(2)7-17(13,14)15/h3-5,9H,6-7H2,1-2H3. The van der Waals surface area contributed by atoms with Gasteiger partial charge in [0, 0.05) is 16.6 Å². The van der Waals surface area contributed by atoms with Gasteiger partial charge >= 0.3 is 0 Å². The molecular formula is C11H14Cl2O3S. The summed E-state index contributed by atoms with van der Waals surface area (Å²) in [5.41, 5.74) is 1.04. The van der Waals surface area contributed by atoms with Crippen molar-refractivity contribution in [2.75, 3.05) is 12.4 Å². The number of benzene rings is 1. The van der Waals surface area contributed by atoms with Crippen molar-refractivity contribution in [2.45, 2.75) is 13.8 Å². The summed E-state index contributed by atoms with van der Waals surface area (Å²) in [4.78, 5) is 0. The zero-order chi connectivity index (χ0) is 13.1. The van der Waals surface area contributed by atoms with E-state index in [-0.39, 0.29) is 18.3 Å². The quantitative estimate of drug-likeness (QED) is 0.784. The van der Waals surface area contributed by atoms with Crippen LogP contribution in [0.25, 0.3) is 0 Å². The lowest BCUT2D eigenvalue weighted by atomic mass is 10.2. The fourth-order valence-corrected chi connectivity index (χ4v) is 3.05. The summed E-state index contributed by atoms with van der Waals surface area (Å²) in [5.74, 6) is 0.254. The predicted molar refractivity (Wildman–Crippen MR) is 70.5 cm³/mol. The molecule has 0 aliphatic heterocycles. The lowest BCUT2D eigenvalue weighted by Crippen LogP contribution is -2.16. The van der Waals surface area contributed by atoms with E-state index < -0.39 is 9.05 Å². The van der Waals surface area contributed by atoms with Crippen molar-refractivity contribution in [1.82, 2.24) is 0 Å². The van der Waals surface area contributed by atoms with Gasteiger partial charge in [-0.3, -0.25) is 0 Å². The van der Waals surface area contributed by atoms with Gasteiger partial charge in [-0.05, 0) is 24.6 Å². The molecular weight excluding hydrogens is 283 g/mol. The lowest BCUT2D eigenvalue weighted by Gasteiger charge is -2.12. The van der Waals surface area contributed by atoms with Gasteiger partial charge in [-0.25, -0.2) is 8.42 Å². The molecule has 0 spiro atoms. The molecule has 1 aromatic carbocycles. The van der Waals surface area contributed by atoms with Crippen molar-refractivity contribution < 1.29 is 13.2 Å². The van der Waals surface area contributed by atoms with Crippen LogP contribution in [0.1, 0.15) is 12.5 Å². The fraction of sp³-hybridized carbons (Fsp3) is 0.455. The van der Waals surface area contributed by atoms with E-state index in [4.69, 9.17) is 27.0 Å². The van der Waals surface area contributed by atoms with Gasteiger partial charge in [0.05, 0.1) is 17.4 Å². The Bertz CT molecular complexity index is 485. The minimum Gasteiger partial charge on any atom is -0.492 e. The van der Waals surface area contributed by atoms with Crippen molar-refractivity contribution >= 4 is 31.3 Å². The van der Waals surface area contributed by atoms with Crippen LogP contribution in [-0.4, -0.2) is 20.8 Å². The van der Waals surface area contributed by atoms with Crippen LogP contribution >= 0.6 is 22.3 Å². The number of hydrogen-bond donors (Lipinski definition) is 0. The van der Waals surface area contributed by atoms with Gasteiger partial charge in [0.2, 0.25) is 9.05 Å². The van der Waals surface area contributed by atoms with Crippen LogP contribution < -0.4 is 4.74 Å². The van der Waals surface area contributed by atoms with Crippen LogP contribution in [0.2, 0.25) is 5.02 Å². The zero-order valence-electron chi connectivity index (χ0n) is 9.61. The minimum absolute atomic E-state index is 0.113. The molecule has 1 rings (SSSR count). The van der Waals surface area contributed by atoms with Crippen molar-refractivity contribution in [3.05, 3.63) is 28.8 Å². The Morgan fingerprint density at radius 1 is 1.41 bits per heavy atom. The van der Waals surface area contributed by atoms with Crippen molar-refractivity contribution in [1.29, 1.82) is 0 Å². The van der Waals surface area contributed by atoms with Crippen LogP contribution in [0.4, 0.5) is 0 Å². The Kier molecular flexibility index (Phi) is 5.10. The first kappa shape index (κ1) is 14.6. The third kappa shape index (κ3) is 5.61. The number of aryl methyl sites for hydroxylation is 1. The van der Waals surface area contributed by atoms with E-state index in [1.165, 1.54) is 0 Å². The maximum atomic E-state index is 10.8. The molecule has 1 unspecified atom stereocenters. The molecule has 0 aliphatic rings. The summed E-state index contributed by atoms with van der Waals surface area (Å²) >= 11 is 5.98. The SMILES string of the molecule is Cc1ccc(OCC(C)CS(=O)(=O)Cl)c(Cl)c1. The molecule has 0 saturated heterocycles. The molecule has 0 amide bonds. The first-order chi connectivity index (χ1) is 7.78. The van der Waals surface area contributed by atoms with E-state index in [2.05, 4.69) is 0 Å². The van der Waals surface area contributed by atoms with Crippen molar-refractivity contribution in [3.63, 3.8) is 0 Å². The predicted octanol–water partition coefficient (Wildman–Crippen LogP) is 3.23. The van der Waals surface area contributed by atoms with E-state index in [1.807, 2.05) is 13.0 Å². The number of hydrogen-bond acceptors (Lipinski definition) is 3.